The van der Waals surface area contributed by atoms with E-state index in [0.29, 0.717) is 48.9 Å². The maximum Gasteiger partial charge on any atom is 0.266 e. The van der Waals surface area contributed by atoms with Crippen molar-refractivity contribution >= 4 is 56.9 Å². The van der Waals surface area contributed by atoms with Crippen molar-refractivity contribution in [3.8, 4) is 17.6 Å². The highest BCUT2D eigenvalue weighted by Crippen LogP contribution is 2.26. The molecule has 0 aliphatic rings. The van der Waals surface area contributed by atoms with E-state index in [-0.39, 0.29) is 31.0 Å². The van der Waals surface area contributed by atoms with Gasteiger partial charge in [-0.15, -0.1) is 0 Å². The van der Waals surface area contributed by atoms with Gasteiger partial charge in [0.15, 0.2) is 11.4 Å². The summed E-state index contributed by atoms with van der Waals surface area (Å²) in [4.78, 5) is 38.7. The molecule has 1 unspecified atom stereocenters. The van der Waals surface area contributed by atoms with Crippen LogP contribution in [-0.2, 0) is 11.2 Å². The number of benzene rings is 3. The number of nitriles is 1. The van der Waals surface area contributed by atoms with Crippen LogP contribution in [-0.4, -0.2) is 52.0 Å². The molecule has 0 bridgehead atoms. The van der Waals surface area contributed by atoms with Gasteiger partial charge in [-0.2, -0.15) is 5.26 Å². The third kappa shape index (κ3) is 7.05. The van der Waals surface area contributed by atoms with Crippen molar-refractivity contribution in [1.29, 1.82) is 5.26 Å². The molecule has 0 saturated heterocycles. The molecule has 0 saturated carbocycles. The molecule has 42 heavy (non-hydrogen) atoms. The number of halogens is 2. The van der Waals surface area contributed by atoms with Gasteiger partial charge in [-0.1, -0.05) is 53.2 Å². The van der Waals surface area contributed by atoms with Crippen LogP contribution in [0, 0.1) is 11.5 Å². The molecule has 1 atom stereocenters. The maximum absolute atomic E-state index is 13.9. The van der Waals surface area contributed by atoms with Crippen LogP contribution in [0.4, 0.5) is 0 Å². The molecule has 0 fully saturated rings. The van der Waals surface area contributed by atoms with Gasteiger partial charge in [0.25, 0.3) is 5.56 Å². The predicted octanol–water partition coefficient (Wildman–Crippen LogP) is 5.62. The zero-order valence-corrected chi connectivity index (χ0v) is 25.5. The standard InChI is InChI=1S/C30H28Cl2N6O3S/c1-19(28-36-26-7-5-4-6-23(26)29(40)38(28)21-9-11-22(41-2)12-10-21)37(15-14-34-30(42-3)35-18-33)27(39)17-20-8-13-24(31)25(32)16-20/h4-13,16,19H,14-15,17H2,1-3H3,(H,34,35). The Hall–Kier alpha value is -4.04. The van der Waals surface area contributed by atoms with E-state index in [0.717, 1.165) is 0 Å². The third-order valence-electron chi connectivity index (χ3n) is 6.59. The smallest absolute Gasteiger partial charge is 0.266 e. The number of carbonyl (C=O) groups excluding carboxylic acids is 1. The summed E-state index contributed by atoms with van der Waals surface area (Å²) in [6.07, 6.45) is 3.70. The second kappa shape index (κ2) is 14.2. The Labute approximate surface area is 257 Å². The van der Waals surface area contributed by atoms with Gasteiger partial charge in [-0.3, -0.25) is 24.5 Å². The molecule has 216 valence electrons. The average Bonchev–Trinajstić information content (AvgIpc) is 3.00. The van der Waals surface area contributed by atoms with Crippen molar-refractivity contribution in [3.63, 3.8) is 0 Å². The van der Waals surface area contributed by atoms with Gasteiger partial charge in [0.2, 0.25) is 5.91 Å². The Morgan fingerprint density at radius 2 is 1.90 bits per heavy atom. The van der Waals surface area contributed by atoms with E-state index in [1.807, 2.05) is 19.2 Å². The summed E-state index contributed by atoms with van der Waals surface area (Å²) in [5.41, 5.74) is 1.53. The molecule has 0 aliphatic carbocycles. The van der Waals surface area contributed by atoms with E-state index < -0.39 is 6.04 Å². The summed E-state index contributed by atoms with van der Waals surface area (Å²) in [6, 6.07) is 18.6. The van der Waals surface area contributed by atoms with Crippen molar-refractivity contribution in [2.45, 2.75) is 19.4 Å². The molecule has 9 nitrogen and oxygen atoms in total. The van der Waals surface area contributed by atoms with E-state index >= 15 is 0 Å². The number of thioether (sulfide) groups is 1. The minimum atomic E-state index is -0.642. The van der Waals surface area contributed by atoms with Gasteiger partial charge in [0.1, 0.15) is 11.6 Å². The number of ether oxygens (including phenoxy) is 1. The second-order valence-corrected chi connectivity index (χ2v) is 10.8. The van der Waals surface area contributed by atoms with Crippen LogP contribution in [0.2, 0.25) is 10.0 Å². The Morgan fingerprint density at radius 3 is 2.57 bits per heavy atom. The molecule has 3 aromatic carbocycles. The Bertz CT molecular complexity index is 1720. The maximum atomic E-state index is 13.9. The van der Waals surface area contributed by atoms with Crippen LogP contribution in [0.15, 0.2) is 76.5 Å². The van der Waals surface area contributed by atoms with Gasteiger partial charge in [0.05, 0.1) is 52.8 Å². The SMILES string of the molecule is COc1ccc(-n2c(C(C)N(CCN=C(NC#N)SC)C(=O)Cc3ccc(Cl)c(Cl)c3)nc3ccccc3c2=O)cc1. The van der Waals surface area contributed by atoms with Crippen LogP contribution in [0.5, 0.6) is 5.75 Å². The number of para-hydroxylation sites is 1. The van der Waals surface area contributed by atoms with Crippen LogP contribution in [0.3, 0.4) is 0 Å². The van der Waals surface area contributed by atoms with Gasteiger partial charge in [-0.05, 0) is 67.3 Å². The minimum Gasteiger partial charge on any atom is -0.497 e. The lowest BCUT2D eigenvalue weighted by molar-refractivity contribution is -0.132. The van der Waals surface area contributed by atoms with E-state index in [4.69, 9.17) is 38.2 Å². The van der Waals surface area contributed by atoms with Crippen molar-refractivity contribution in [1.82, 2.24) is 19.8 Å². The van der Waals surface area contributed by atoms with Gasteiger partial charge in [0, 0.05) is 6.54 Å². The number of amidine groups is 1. The van der Waals surface area contributed by atoms with Crippen molar-refractivity contribution in [2.24, 2.45) is 4.99 Å². The van der Waals surface area contributed by atoms with E-state index in [2.05, 4.69) is 10.3 Å². The Balaban J connectivity index is 1.81. The van der Waals surface area contributed by atoms with Crippen LogP contribution < -0.4 is 15.6 Å². The number of nitrogens with one attached hydrogen (secondary N) is 1. The lowest BCUT2D eigenvalue weighted by Crippen LogP contribution is -2.40. The fraction of sp³-hybridized carbons (Fsp3) is 0.233. The summed E-state index contributed by atoms with van der Waals surface area (Å²) < 4.78 is 6.83. The third-order valence-corrected chi connectivity index (χ3v) is 7.94. The molecule has 4 rings (SSSR count). The molecule has 1 amide bonds. The Morgan fingerprint density at radius 1 is 1.17 bits per heavy atom. The van der Waals surface area contributed by atoms with Crippen molar-refractivity contribution in [2.75, 3.05) is 26.5 Å². The second-order valence-electron chi connectivity index (χ2n) is 9.14. The lowest BCUT2D eigenvalue weighted by atomic mass is 10.1. The highest BCUT2D eigenvalue weighted by molar-refractivity contribution is 8.13. The number of rotatable bonds is 9. The largest absolute Gasteiger partial charge is 0.497 e. The molecule has 12 heteroatoms. The van der Waals surface area contributed by atoms with Crippen LogP contribution >= 0.6 is 35.0 Å². The first-order chi connectivity index (χ1) is 20.3. The molecule has 4 aromatic rings. The monoisotopic (exact) mass is 622 g/mol. The van der Waals surface area contributed by atoms with Crippen molar-refractivity contribution in [3.05, 3.63) is 98.5 Å². The number of nitrogens with zero attached hydrogens (tertiary/aromatic N) is 5. The molecule has 0 radical (unpaired) electrons. The van der Waals surface area contributed by atoms with Crippen LogP contribution in [0.1, 0.15) is 24.4 Å². The first kappa shape index (κ1) is 30.9. The van der Waals surface area contributed by atoms with E-state index in [1.165, 1.54) is 16.3 Å². The van der Waals surface area contributed by atoms with Crippen LogP contribution in [0.25, 0.3) is 16.6 Å². The minimum absolute atomic E-state index is 0.0388. The number of hydrogen-bond acceptors (Lipinski definition) is 7. The molecule has 1 heterocycles. The van der Waals surface area contributed by atoms with Gasteiger partial charge < -0.3 is 9.64 Å². The summed E-state index contributed by atoms with van der Waals surface area (Å²) in [5, 5.41) is 13.2. The number of carbonyl (C=O) groups is 1. The number of amides is 1. The summed E-state index contributed by atoms with van der Waals surface area (Å²) in [7, 11) is 1.57. The number of aromatic nitrogens is 2. The molecule has 0 aliphatic heterocycles. The highest BCUT2D eigenvalue weighted by atomic mass is 35.5. The van der Waals surface area contributed by atoms with Crippen molar-refractivity contribution < 1.29 is 9.53 Å². The fourth-order valence-corrected chi connectivity index (χ4v) is 5.16. The number of methoxy groups -OCH3 is 1. The summed E-state index contributed by atoms with van der Waals surface area (Å²) in [6.45, 7) is 2.24. The van der Waals surface area contributed by atoms with E-state index in [1.54, 1.807) is 78.9 Å². The molecule has 0 spiro atoms. The molecular weight excluding hydrogens is 595 g/mol. The first-order valence-electron chi connectivity index (χ1n) is 12.9. The topological polar surface area (TPSA) is 113 Å². The molecule has 1 aromatic heterocycles. The zero-order chi connectivity index (χ0) is 30.2. The zero-order valence-electron chi connectivity index (χ0n) is 23.2. The highest BCUT2D eigenvalue weighted by Gasteiger charge is 2.27. The average molecular weight is 624 g/mol. The summed E-state index contributed by atoms with van der Waals surface area (Å²) in [5.74, 6) is 0.802. The van der Waals surface area contributed by atoms with Gasteiger partial charge >= 0.3 is 0 Å². The number of hydrogen-bond donors (Lipinski definition) is 1. The van der Waals surface area contributed by atoms with E-state index in [9.17, 15) is 9.59 Å². The first-order valence-corrected chi connectivity index (χ1v) is 14.9. The molecular formula is C30H28Cl2N6O3S. The normalized spacial score (nSPS) is 12.0. The quantitative estimate of drug-likeness (QED) is 0.111. The summed E-state index contributed by atoms with van der Waals surface area (Å²) >= 11 is 13.6. The predicted molar refractivity (Wildman–Crippen MR) is 169 cm³/mol. The fourth-order valence-electron chi connectivity index (χ4n) is 4.47. The number of aliphatic imine (C=N–C) groups is 1. The number of fused-ring (bicyclic) bond motifs is 1. The van der Waals surface area contributed by atoms with Gasteiger partial charge in [-0.25, -0.2) is 4.98 Å². The molecule has 1 N–H and O–H groups in total. The Kier molecular flexibility index (Phi) is 10.5. The lowest BCUT2D eigenvalue weighted by Gasteiger charge is -2.30.